The molecule has 3 aromatic rings. The Bertz CT molecular complexity index is 925. The van der Waals surface area contributed by atoms with Crippen molar-refractivity contribution in [2.45, 2.75) is 37.8 Å². The van der Waals surface area contributed by atoms with Gasteiger partial charge in [-0.25, -0.2) is 14.8 Å². The highest BCUT2D eigenvalue weighted by Gasteiger charge is 2.28. The molecule has 1 saturated carbocycles. The van der Waals surface area contributed by atoms with E-state index in [-0.39, 0.29) is 12.1 Å². The Hall–Kier alpha value is -2.61. The standard InChI is InChI=1S/C19H26N6O2/c1-24(19(26)21-9-10-27-2)13-3-5-14(6-4-13)25-12-23-16-11-22-18-15(17(16)25)7-8-20-18/h7-8,11-14H,3-6,9-10H2,1-2H3,(H,20,22)(H,21,26). The number of nitrogens with zero attached hydrogens (tertiary/aromatic N) is 4. The number of aromatic nitrogens is 4. The second-order valence-electron chi connectivity index (χ2n) is 7.18. The van der Waals surface area contributed by atoms with Gasteiger partial charge in [-0.3, -0.25) is 0 Å². The summed E-state index contributed by atoms with van der Waals surface area (Å²) in [6.07, 6.45) is 9.71. The zero-order valence-corrected chi connectivity index (χ0v) is 15.8. The lowest BCUT2D eigenvalue weighted by atomic mass is 9.90. The zero-order valence-electron chi connectivity index (χ0n) is 15.8. The summed E-state index contributed by atoms with van der Waals surface area (Å²) in [5.41, 5.74) is 2.97. The van der Waals surface area contributed by atoms with Crippen LogP contribution in [0.2, 0.25) is 0 Å². The van der Waals surface area contributed by atoms with Crippen LogP contribution in [-0.4, -0.2) is 63.8 Å². The Balaban J connectivity index is 1.44. The maximum Gasteiger partial charge on any atom is 0.317 e. The van der Waals surface area contributed by atoms with Crippen LogP contribution in [0.25, 0.3) is 22.1 Å². The van der Waals surface area contributed by atoms with Crippen LogP contribution in [0.3, 0.4) is 0 Å². The van der Waals surface area contributed by atoms with Gasteiger partial charge in [-0.1, -0.05) is 0 Å². The molecule has 144 valence electrons. The average Bonchev–Trinajstić information content (AvgIpc) is 3.33. The monoisotopic (exact) mass is 370 g/mol. The minimum absolute atomic E-state index is 0.0244. The topological polar surface area (TPSA) is 88.1 Å². The van der Waals surface area contributed by atoms with Crippen LogP contribution in [0, 0.1) is 0 Å². The van der Waals surface area contributed by atoms with Crippen molar-refractivity contribution in [2.24, 2.45) is 0 Å². The first-order valence-electron chi connectivity index (χ1n) is 9.47. The van der Waals surface area contributed by atoms with Crippen molar-refractivity contribution in [1.82, 2.24) is 29.7 Å². The van der Waals surface area contributed by atoms with Crippen LogP contribution >= 0.6 is 0 Å². The SMILES string of the molecule is COCCNC(=O)N(C)C1CCC(n2cnc3cnc4[nH]ccc4c32)CC1. The predicted octanol–water partition coefficient (Wildman–Crippen LogP) is 2.68. The molecule has 0 spiro atoms. The number of carbonyl (C=O) groups is 1. The van der Waals surface area contributed by atoms with Gasteiger partial charge in [0, 0.05) is 44.4 Å². The van der Waals surface area contributed by atoms with Crippen molar-refractivity contribution in [3.05, 3.63) is 24.8 Å². The van der Waals surface area contributed by atoms with E-state index < -0.39 is 0 Å². The van der Waals surface area contributed by atoms with Crippen molar-refractivity contribution >= 4 is 28.1 Å². The molecule has 0 bridgehead atoms. The molecule has 0 atom stereocenters. The summed E-state index contributed by atoms with van der Waals surface area (Å²) in [5, 5.41) is 4.01. The Morgan fingerprint density at radius 2 is 2.19 bits per heavy atom. The molecular weight excluding hydrogens is 344 g/mol. The lowest BCUT2D eigenvalue weighted by Gasteiger charge is -2.35. The molecule has 1 fully saturated rings. The number of nitrogens with one attached hydrogen (secondary N) is 2. The van der Waals surface area contributed by atoms with Crippen LogP contribution < -0.4 is 5.32 Å². The number of carbonyl (C=O) groups excluding carboxylic acids is 1. The Morgan fingerprint density at radius 1 is 1.37 bits per heavy atom. The summed E-state index contributed by atoms with van der Waals surface area (Å²) in [7, 11) is 3.52. The normalized spacial score (nSPS) is 20.2. The number of fused-ring (bicyclic) bond motifs is 3. The van der Waals surface area contributed by atoms with Crippen LogP contribution in [0.4, 0.5) is 4.79 Å². The summed E-state index contributed by atoms with van der Waals surface area (Å²) in [6.45, 7) is 1.07. The number of amides is 2. The molecule has 27 heavy (non-hydrogen) atoms. The smallest absolute Gasteiger partial charge is 0.317 e. The number of methoxy groups -OCH3 is 1. The largest absolute Gasteiger partial charge is 0.383 e. The number of hydrogen-bond donors (Lipinski definition) is 2. The van der Waals surface area contributed by atoms with E-state index >= 15 is 0 Å². The van der Waals surface area contributed by atoms with Crippen LogP contribution in [0.5, 0.6) is 0 Å². The summed E-state index contributed by atoms with van der Waals surface area (Å²) < 4.78 is 7.28. The van der Waals surface area contributed by atoms with E-state index in [4.69, 9.17) is 4.74 Å². The minimum Gasteiger partial charge on any atom is -0.383 e. The number of pyridine rings is 1. The maximum absolute atomic E-state index is 12.3. The third-order valence-corrected chi connectivity index (χ3v) is 5.63. The lowest BCUT2D eigenvalue weighted by Crippen LogP contribution is -2.45. The molecular formula is C19H26N6O2. The summed E-state index contributed by atoms with van der Waals surface area (Å²) in [5.74, 6) is 0. The third kappa shape index (κ3) is 3.37. The fourth-order valence-electron chi connectivity index (χ4n) is 4.08. The molecule has 8 heteroatoms. The van der Waals surface area contributed by atoms with Gasteiger partial charge >= 0.3 is 6.03 Å². The molecule has 2 amide bonds. The Kier molecular flexibility index (Phi) is 4.98. The molecule has 0 radical (unpaired) electrons. The van der Waals surface area contributed by atoms with Crippen molar-refractivity contribution < 1.29 is 9.53 Å². The van der Waals surface area contributed by atoms with E-state index in [1.807, 2.05) is 30.7 Å². The summed E-state index contributed by atoms with van der Waals surface area (Å²) >= 11 is 0. The van der Waals surface area contributed by atoms with E-state index in [2.05, 4.69) is 30.9 Å². The molecule has 2 N–H and O–H groups in total. The first-order valence-corrected chi connectivity index (χ1v) is 9.47. The second kappa shape index (κ2) is 7.56. The number of rotatable bonds is 5. The Labute approximate surface area is 157 Å². The van der Waals surface area contributed by atoms with Gasteiger partial charge in [-0.2, -0.15) is 0 Å². The molecule has 1 aliphatic carbocycles. The molecule has 1 aliphatic rings. The van der Waals surface area contributed by atoms with Gasteiger partial charge in [0.1, 0.15) is 11.2 Å². The molecule has 0 saturated heterocycles. The number of urea groups is 1. The van der Waals surface area contributed by atoms with Gasteiger partial charge < -0.3 is 24.5 Å². The van der Waals surface area contributed by atoms with E-state index in [0.29, 0.717) is 19.2 Å². The molecule has 0 aliphatic heterocycles. The molecule has 4 rings (SSSR count). The first kappa shape index (κ1) is 17.8. The van der Waals surface area contributed by atoms with Crippen molar-refractivity contribution in [3.8, 4) is 0 Å². The van der Waals surface area contributed by atoms with Gasteiger partial charge in [0.25, 0.3) is 0 Å². The number of H-pyrrole nitrogens is 1. The number of hydrogen-bond acceptors (Lipinski definition) is 4. The average molecular weight is 370 g/mol. The Morgan fingerprint density at radius 3 is 2.96 bits per heavy atom. The van der Waals surface area contributed by atoms with Gasteiger partial charge in [0.05, 0.1) is 24.6 Å². The number of aromatic amines is 1. The number of imidazole rings is 1. The van der Waals surface area contributed by atoms with E-state index in [1.54, 1.807) is 7.11 Å². The number of ether oxygens (including phenoxy) is 1. The van der Waals surface area contributed by atoms with Crippen molar-refractivity contribution in [1.29, 1.82) is 0 Å². The predicted molar refractivity (Wildman–Crippen MR) is 104 cm³/mol. The van der Waals surface area contributed by atoms with Gasteiger partial charge in [0.2, 0.25) is 0 Å². The molecule has 0 aromatic carbocycles. The highest BCUT2D eigenvalue weighted by molar-refractivity contribution is 6.00. The van der Waals surface area contributed by atoms with Crippen LogP contribution in [0.15, 0.2) is 24.8 Å². The minimum atomic E-state index is -0.0244. The zero-order chi connectivity index (χ0) is 18.8. The van der Waals surface area contributed by atoms with Gasteiger partial charge in [0.15, 0.2) is 0 Å². The fraction of sp³-hybridized carbons (Fsp3) is 0.526. The van der Waals surface area contributed by atoms with Crippen LogP contribution in [-0.2, 0) is 4.74 Å². The van der Waals surface area contributed by atoms with Gasteiger partial charge in [-0.15, -0.1) is 0 Å². The molecule has 3 heterocycles. The second-order valence-corrected chi connectivity index (χ2v) is 7.18. The molecule has 3 aromatic heterocycles. The summed E-state index contributed by atoms with van der Waals surface area (Å²) in [6, 6.07) is 2.71. The molecule has 0 unspecified atom stereocenters. The lowest BCUT2D eigenvalue weighted by molar-refractivity contribution is 0.155. The van der Waals surface area contributed by atoms with E-state index in [0.717, 1.165) is 47.8 Å². The highest BCUT2D eigenvalue weighted by atomic mass is 16.5. The summed E-state index contributed by atoms with van der Waals surface area (Å²) in [4.78, 5) is 26.2. The van der Waals surface area contributed by atoms with E-state index in [1.165, 1.54) is 0 Å². The van der Waals surface area contributed by atoms with Crippen LogP contribution in [0.1, 0.15) is 31.7 Å². The van der Waals surface area contributed by atoms with Gasteiger partial charge in [-0.05, 0) is 31.7 Å². The maximum atomic E-state index is 12.3. The van der Waals surface area contributed by atoms with Crippen molar-refractivity contribution in [2.75, 3.05) is 27.3 Å². The quantitative estimate of drug-likeness (QED) is 0.676. The first-order chi connectivity index (χ1) is 13.2. The van der Waals surface area contributed by atoms with Crippen molar-refractivity contribution in [3.63, 3.8) is 0 Å². The van der Waals surface area contributed by atoms with E-state index in [9.17, 15) is 4.79 Å². The fourth-order valence-corrected chi connectivity index (χ4v) is 4.08. The highest BCUT2D eigenvalue weighted by Crippen LogP contribution is 2.34. The third-order valence-electron chi connectivity index (χ3n) is 5.63. The molecule has 8 nitrogen and oxygen atoms in total.